The van der Waals surface area contributed by atoms with Crippen molar-refractivity contribution in [2.45, 2.75) is 19.4 Å². The summed E-state index contributed by atoms with van der Waals surface area (Å²) in [5.74, 6) is 0.691. The monoisotopic (exact) mass is 352 g/mol. The summed E-state index contributed by atoms with van der Waals surface area (Å²) in [6.07, 6.45) is 0.935. The molecule has 0 aliphatic rings. The number of hydrogen-bond donors (Lipinski definition) is 1. The highest BCUT2D eigenvalue weighted by Crippen LogP contribution is 2.18. The Bertz CT molecular complexity index is 968. The number of methoxy groups -OCH3 is 1. The van der Waals surface area contributed by atoms with Gasteiger partial charge in [-0.15, -0.1) is 5.10 Å². The lowest BCUT2D eigenvalue weighted by atomic mass is 10.1. The average molecular weight is 352 g/mol. The van der Waals surface area contributed by atoms with Gasteiger partial charge in [-0.2, -0.15) is 0 Å². The van der Waals surface area contributed by atoms with Gasteiger partial charge in [-0.25, -0.2) is 4.68 Å². The lowest BCUT2D eigenvalue weighted by Gasteiger charge is -2.09. The first-order valence-corrected chi connectivity index (χ1v) is 8.40. The van der Waals surface area contributed by atoms with Gasteiger partial charge >= 0.3 is 0 Å². The van der Waals surface area contributed by atoms with Crippen LogP contribution in [0.25, 0.3) is 10.9 Å². The van der Waals surface area contributed by atoms with Crippen LogP contribution in [-0.2, 0) is 17.8 Å². The second-order valence-corrected chi connectivity index (χ2v) is 5.80. The maximum atomic E-state index is 12.3. The molecule has 0 unspecified atom stereocenters. The number of benzene rings is 2. The van der Waals surface area contributed by atoms with Crippen molar-refractivity contribution in [2.24, 2.45) is 0 Å². The van der Waals surface area contributed by atoms with Gasteiger partial charge < -0.3 is 10.1 Å². The molecule has 0 fully saturated rings. The lowest BCUT2D eigenvalue weighted by molar-refractivity contribution is -0.121. The van der Waals surface area contributed by atoms with Crippen LogP contribution in [0, 0.1) is 0 Å². The Morgan fingerprint density at radius 2 is 1.92 bits per heavy atom. The van der Waals surface area contributed by atoms with Gasteiger partial charge in [0.05, 0.1) is 19.0 Å². The standard InChI is InChI=1S/C19H20N4O3/c1-26-17-9-5-2-6-14(17)10-11-18(24)20-12-13-23-19(25)15-7-3-4-8-16(15)21-22-23/h2-9H,10-13H2,1H3,(H,20,24). The van der Waals surface area contributed by atoms with Gasteiger partial charge in [0.1, 0.15) is 11.3 Å². The van der Waals surface area contributed by atoms with Crippen LogP contribution in [0.4, 0.5) is 0 Å². The van der Waals surface area contributed by atoms with Gasteiger partial charge in [-0.1, -0.05) is 35.5 Å². The fourth-order valence-corrected chi connectivity index (χ4v) is 2.72. The zero-order valence-corrected chi connectivity index (χ0v) is 14.5. The van der Waals surface area contributed by atoms with E-state index in [9.17, 15) is 9.59 Å². The number of fused-ring (bicyclic) bond motifs is 1. The first-order valence-electron chi connectivity index (χ1n) is 8.40. The van der Waals surface area contributed by atoms with Gasteiger partial charge in [0.15, 0.2) is 0 Å². The number of amides is 1. The summed E-state index contributed by atoms with van der Waals surface area (Å²) in [6.45, 7) is 0.592. The Morgan fingerprint density at radius 1 is 1.15 bits per heavy atom. The summed E-state index contributed by atoms with van der Waals surface area (Å²) in [6, 6.07) is 14.7. The minimum Gasteiger partial charge on any atom is -0.496 e. The highest BCUT2D eigenvalue weighted by Gasteiger charge is 2.08. The van der Waals surface area contributed by atoms with E-state index < -0.39 is 0 Å². The van der Waals surface area contributed by atoms with E-state index in [1.165, 1.54) is 4.68 Å². The van der Waals surface area contributed by atoms with Gasteiger partial charge in [-0.05, 0) is 30.2 Å². The molecule has 0 spiro atoms. The van der Waals surface area contributed by atoms with Crippen LogP contribution in [0.5, 0.6) is 5.75 Å². The Hall–Kier alpha value is -3.22. The van der Waals surface area contributed by atoms with Crippen LogP contribution in [0.2, 0.25) is 0 Å². The van der Waals surface area contributed by atoms with E-state index in [0.29, 0.717) is 30.3 Å². The molecule has 1 amide bonds. The Labute approximate surface area is 150 Å². The third kappa shape index (κ3) is 4.05. The maximum absolute atomic E-state index is 12.3. The molecule has 0 bridgehead atoms. The fraction of sp³-hybridized carbons (Fsp3) is 0.263. The summed E-state index contributed by atoms with van der Waals surface area (Å²) in [7, 11) is 1.61. The smallest absolute Gasteiger partial charge is 0.277 e. The molecule has 7 nitrogen and oxygen atoms in total. The van der Waals surface area contributed by atoms with Crippen LogP contribution in [0.3, 0.4) is 0 Å². The minimum atomic E-state index is -0.209. The molecule has 26 heavy (non-hydrogen) atoms. The highest BCUT2D eigenvalue weighted by molar-refractivity contribution is 5.77. The third-order valence-electron chi connectivity index (χ3n) is 4.09. The van der Waals surface area contributed by atoms with E-state index in [1.54, 1.807) is 25.3 Å². The summed E-state index contributed by atoms with van der Waals surface area (Å²) >= 11 is 0. The number of ether oxygens (including phenoxy) is 1. The number of rotatable bonds is 7. The zero-order valence-electron chi connectivity index (χ0n) is 14.5. The Morgan fingerprint density at radius 3 is 2.77 bits per heavy atom. The maximum Gasteiger partial charge on any atom is 0.277 e. The second-order valence-electron chi connectivity index (χ2n) is 5.80. The number of nitrogens with zero attached hydrogens (tertiary/aromatic N) is 3. The largest absolute Gasteiger partial charge is 0.496 e. The summed E-state index contributed by atoms with van der Waals surface area (Å²) in [5.41, 5.74) is 1.34. The van der Waals surface area contributed by atoms with Crippen molar-refractivity contribution in [3.63, 3.8) is 0 Å². The predicted molar refractivity (Wildman–Crippen MR) is 98.1 cm³/mol. The first kappa shape index (κ1) is 17.6. The molecular formula is C19H20N4O3. The number of carbonyl (C=O) groups is 1. The number of nitrogens with one attached hydrogen (secondary N) is 1. The van der Waals surface area contributed by atoms with E-state index in [1.807, 2.05) is 30.3 Å². The van der Waals surface area contributed by atoms with Crippen molar-refractivity contribution in [1.82, 2.24) is 20.3 Å². The van der Waals surface area contributed by atoms with E-state index in [4.69, 9.17) is 4.74 Å². The normalized spacial score (nSPS) is 10.7. The molecular weight excluding hydrogens is 332 g/mol. The number of para-hydroxylation sites is 1. The number of aryl methyl sites for hydroxylation is 1. The molecule has 3 aromatic rings. The van der Waals surface area contributed by atoms with Gasteiger partial charge in [0.2, 0.25) is 5.91 Å². The molecule has 1 N–H and O–H groups in total. The molecule has 0 aliphatic heterocycles. The van der Waals surface area contributed by atoms with Crippen LogP contribution in [0.15, 0.2) is 53.3 Å². The van der Waals surface area contributed by atoms with Crippen molar-refractivity contribution < 1.29 is 9.53 Å². The fourth-order valence-electron chi connectivity index (χ4n) is 2.72. The summed E-state index contributed by atoms with van der Waals surface area (Å²) in [5, 5.41) is 11.3. The van der Waals surface area contributed by atoms with E-state index in [0.717, 1.165) is 11.3 Å². The Kier molecular flexibility index (Phi) is 5.58. The second kappa shape index (κ2) is 8.24. The summed E-state index contributed by atoms with van der Waals surface area (Å²) < 4.78 is 6.55. The van der Waals surface area contributed by atoms with Crippen LogP contribution in [-0.4, -0.2) is 34.6 Å². The molecule has 0 atom stereocenters. The molecule has 2 aromatic carbocycles. The molecule has 0 aliphatic carbocycles. The van der Waals surface area contributed by atoms with Crippen LogP contribution in [0.1, 0.15) is 12.0 Å². The van der Waals surface area contributed by atoms with Crippen molar-refractivity contribution in [3.8, 4) is 5.75 Å². The highest BCUT2D eigenvalue weighted by atomic mass is 16.5. The van der Waals surface area contributed by atoms with Gasteiger partial charge in [0, 0.05) is 13.0 Å². The third-order valence-corrected chi connectivity index (χ3v) is 4.09. The van der Waals surface area contributed by atoms with Crippen molar-refractivity contribution in [1.29, 1.82) is 0 Å². The van der Waals surface area contributed by atoms with E-state index in [2.05, 4.69) is 15.6 Å². The minimum absolute atomic E-state index is 0.0855. The number of aromatic nitrogens is 3. The molecule has 1 heterocycles. The average Bonchev–Trinajstić information content (AvgIpc) is 2.68. The number of hydrogen-bond acceptors (Lipinski definition) is 5. The zero-order chi connectivity index (χ0) is 18.4. The topological polar surface area (TPSA) is 86.1 Å². The molecule has 0 saturated carbocycles. The SMILES string of the molecule is COc1ccccc1CCC(=O)NCCn1nnc2ccccc2c1=O. The van der Waals surface area contributed by atoms with Crippen LogP contribution < -0.4 is 15.6 Å². The van der Waals surface area contributed by atoms with Gasteiger partial charge in [0.25, 0.3) is 5.56 Å². The van der Waals surface area contributed by atoms with E-state index >= 15 is 0 Å². The molecule has 3 rings (SSSR count). The van der Waals surface area contributed by atoms with Crippen molar-refractivity contribution in [2.75, 3.05) is 13.7 Å². The number of carbonyl (C=O) groups excluding carboxylic acids is 1. The van der Waals surface area contributed by atoms with Crippen LogP contribution >= 0.6 is 0 Å². The molecule has 7 heteroatoms. The lowest BCUT2D eigenvalue weighted by Crippen LogP contribution is -2.32. The predicted octanol–water partition coefficient (Wildman–Crippen LogP) is 1.55. The molecule has 0 saturated heterocycles. The summed E-state index contributed by atoms with van der Waals surface area (Å²) in [4.78, 5) is 24.3. The van der Waals surface area contributed by atoms with E-state index in [-0.39, 0.29) is 18.0 Å². The van der Waals surface area contributed by atoms with Gasteiger partial charge in [-0.3, -0.25) is 9.59 Å². The first-order chi connectivity index (χ1) is 12.7. The molecule has 134 valence electrons. The Balaban J connectivity index is 1.53. The molecule has 0 radical (unpaired) electrons. The quantitative estimate of drug-likeness (QED) is 0.697. The van der Waals surface area contributed by atoms with Crippen molar-refractivity contribution in [3.05, 3.63) is 64.4 Å². The van der Waals surface area contributed by atoms with Crippen molar-refractivity contribution >= 4 is 16.8 Å². The molecule has 1 aromatic heterocycles.